The van der Waals surface area contributed by atoms with Gasteiger partial charge in [0.2, 0.25) is 17.7 Å². The van der Waals surface area contributed by atoms with Crippen LogP contribution in [-0.4, -0.2) is 71.3 Å². The second-order valence-corrected chi connectivity index (χ2v) is 11.2. The lowest BCUT2D eigenvalue weighted by atomic mass is 9.92. The Labute approximate surface area is 219 Å². The van der Waals surface area contributed by atoms with E-state index in [1.54, 1.807) is 27.7 Å². The number of alkyl carbamates (subject to hydrolysis) is 1. The zero-order valence-corrected chi connectivity index (χ0v) is 22.7. The van der Waals surface area contributed by atoms with E-state index < -0.39 is 42.0 Å². The van der Waals surface area contributed by atoms with Gasteiger partial charge in [0, 0.05) is 36.4 Å². The monoisotopic (exact) mass is 518 g/mol. The summed E-state index contributed by atoms with van der Waals surface area (Å²) in [5.74, 6) is -2.04. The normalized spacial score (nSPS) is 24.5. The van der Waals surface area contributed by atoms with Gasteiger partial charge in [-0.25, -0.2) is 4.79 Å². The van der Waals surface area contributed by atoms with Crippen molar-refractivity contribution in [1.82, 2.24) is 20.9 Å². The van der Waals surface area contributed by atoms with Crippen molar-refractivity contribution in [2.75, 3.05) is 6.54 Å². The molecule has 10 nitrogen and oxygen atoms in total. The number of nitrogens with zero attached hydrogens (tertiary/aromatic N) is 1. The molecule has 0 bridgehead atoms. The van der Waals surface area contributed by atoms with E-state index in [0.29, 0.717) is 19.3 Å². The van der Waals surface area contributed by atoms with Crippen molar-refractivity contribution in [3.63, 3.8) is 0 Å². The molecule has 1 saturated heterocycles. The van der Waals surface area contributed by atoms with E-state index in [0.717, 1.165) is 19.3 Å². The quantitative estimate of drug-likeness (QED) is 0.359. The fourth-order valence-electron chi connectivity index (χ4n) is 5.28. The summed E-state index contributed by atoms with van der Waals surface area (Å²) in [5, 5.41) is 8.52. The number of fused-ring (bicyclic) bond motifs is 1. The summed E-state index contributed by atoms with van der Waals surface area (Å²) in [6, 6.07) is -2.20. The number of hydrogen-bond acceptors (Lipinski definition) is 6. The van der Waals surface area contributed by atoms with Crippen molar-refractivity contribution < 1.29 is 28.7 Å². The number of ketones is 1. The maximum absolute atomic E-state index is 13.7. The summed E-state index contributed by atoms with van der Waals surface area (Å²) in [6.45, 7) is 13.1. The van der Waals surface area contributed by atoms with Crippen LogP contribution < -0.4 is 16.0 Å². The molecule has 10 heteroatoms. The molecule has 0 spiro atoms. The predicted molar refractivity (Wildman–Crippen MR) is 137 cm³/mol. The molecule has 2 saturated carbocycles. The summed E-state index contributed by atoms with van der Waals surface area (Å²) in [7, 11) is 0. The molecule has 1 heterocycles. The number of hydrogen-bond donors (Lipinski definition) is 3. The van der Waals surface area contributed by atoms with Crippen molar-refractivity contribution >= 4 is 29.6 Å². The van der Waals surface area contributed by atoms with Crippen LogP contribution in [0.15, 0.2) is 12.2 Å². The topological polar surface area (TPSA) is 134 Å². The predicted octanol–water partition coefficient (Wildman–Crippen LogP) is 2.07. The lowest BCUT2D eigenvalue weighted by Gasteiger charge is -2.33. The number of rotatable bonds is 11. The Balaban J connectivity index is 1.80. The highest BCUT2D eigenvalue weighted by Crippen LogP contribution is 2.41. The maximum Gasteiger partial charge on any atom is 0.408 e. The second-order valence-electron chi connectivity index (χ2n) is 11.2. The van der Waals surface area contributed by atoms with Crippen LogP contribution in [0.25, 0.3) is 0 Å². The van der Waals surface area contributed by atoms with Crippen molar-refractivity contribution in [2.24, 2.45) is 17.8 Å². The smallest absolute Gasteiger partial charge is 0.408 e. The zero-order chi connectivity index (χ0) is 27.4. The molecule has 206 valence electrons. The third-order valence-corrected chi connectivity index (χ3v) is 7.41. The lowest BCUT2D eigenvalue weighted by Crippen LogP contribution is -2.57. The van der Waals surface area contributed by atoms with Crippen LogP contribution in [0.4, 0.5) is 4.79 Å². The van der Waals surface area contributed by atoms with E-state index in [9.17, 15) is 24.0 Å². The lowest BCUT2D eigenvalue weighted by molar-refractivity contribution is -0.142. The van der Waals surface area contributed by atoms with Gasteiger partial charge in [0.05, 0.1) is 12.1 Å². The Morgan fingerprint density at radius 3 is 2.32 bits per heavy atom. The van der Waals surface area contributed by atoms with Gasteiger partial charge in [-0.05, 0) is 45.4 Å². The number of Topliss-reactive ketones (excluding diaryl/α,β-unsaturated/α-hetero) is 1. The van der Waals surface area contributed by atoms with Gasteiger partial charge >= 0.3 is 6.09 Å². The molecule has 1 unspecified atom stereocenters. The minimum Gasteiger partial charge on any atom is -0.447 e. The fraction of sp³-hybridized carbons (Fsp3) is 0.741. The van der Waals surface area contributed by atoms with Crippen LogP contribution in [0.2, 0.25) is 0 Å². The third kappa shape index (κ3) is 6.90. The van der Waals surface area contributed by atoms with Gasteiger partial charge in [-0.1, -0.05) is 33.8 Å². The summed E-state index contributed by atoms with van der Waals surface area (Å²) < 4.78 is 5.17. The summed E-state index contributed by atoms with van der Waals surface area (Å²) >= 11 is 0. The van der Waals surface area contributed by atoms with Crippen molar-refractivity contribution in [2.45, 2.75) is 103 Å². The van der Waals surface area contributed by atoms with Gasteiger partial charge in [0.1, 0.15) is 17.9 Å². The Bertz CT molecular complexity index is 928. The second kappa shape index (κ2) is 12.1. The molecule has 3 N–H and O–H groups in total. The average Bonchev–Trinajstić information content (AvgIpc) is 3.44. The van der Waals surface area contributed by atoms with E-state index in [1.165, 1.54) is 4.90 Å². The number of carbonyl (C=O) groups is 5. The molecular formula is C27H42N4O6. The van der Waals surface area contributed by atoms with Gasteiger partial charge in [0.15, 0.2) is 0 Å². The molecular weight excluding hydrogens is 476 g/mol. The zero-order valence-electron chi connectivity index (χ0n) is 22.7. The molecule has 37 heavy (non-hydrogen) atoms. The fourth-order valence-corrected chi connectivity index (χ4v) is 5.28. The van der Waals surface area contributed by atoms with Gasteiger partial charge in [-0.15, -0.1) is 0 Å². The van der Waals surface area contributed by atoms with Crippen LogP contribution in [0.1, 0.15) is 73.1 Å². The van der Waals surface area contributed by atoms with Crippen LogP contribution >= 0.6 is 0 Å². The first-order chi connectivity index (χ1) is 17.4. The molecule has 3 rings (SSSR count). The Morgan fingerprint density at radius 1 is 1.08 bits per heavy atom. The van der Waals surface area contributed by atoms with Crippen LogP contribution in [-0.2, 0) is 23.9 Å². The maximum atomic E-state index is 13.7. The van der Waals surface area contributed by atoms with Crippen LogP contribution in [0.3, 0.4) is 0 Å². The van der Waals surface area contributed by atoms with Gasteiger partial charge in [-0.3, -0.25) is 19.2 Å². The first-order valence-electron chi connectivity index (χ1n) is 13.5. The minimum atomic E-state index is -0.916. The minimum absolute atomic E-state index is 0.0460. The highest BCUT2D eigenvalue weighted by atomic mass is 16.6. The highest BCUT2D eigenvalue weighted by molar-refractivity contribution is 5.98. The molecule has 0 aromatic heterocycles. The van der Waals surface area contributed by atoms with Gasteiger partial charge < -0.3 is 25.6 Å². The summed E-state index contributed by atoms with van der Waals surface area (Å²) in [6.07, 6.45) is 2.95. The largest absolute Gasteiger partial charge is 0.447 e. The molecule has 0 aromatic carbocycles. The SMILES string of the molecule is C=C(C(=O)NC1CC1)C(CCC)NC(=O)[C@@H]1[C@H]2CCC(=O)[C@H]2CN1C(=O)[C@@H](NC(=O)OC(C)C)C(C)C. The number of nitrogens with one attached hydrogen (secondary N) is 3. The van der Waals surface area contributed by atoms with Crippen molar-refractivity contribution in [3.05, 3.63) is 12.2 Å². The summed E-state index contributed by atoms with van der Waals surface area (Å²) in [5.41, 5.74) is 0.287. The number of likely N-dealkylation sites (tertiary alicyclic amines) is 1. The highest BCUT2D eigenvalue weighted by Gasteiger charge is 2.54. The van der Waals surface area contributed by atoms with E-state index in [2.05, 4.69) is 22.5 Å². The Kier molecular flexibility index (Phi) is 9.36. The average molecular weight is 519 g/mol. The number of amides is 4. The van der Waals surface area contributed by atoms with Crippen LogP contribution in [0, 0.1) is 17.8 Å². The van der Waals surface area contributed by atoms with Crippen molar-refractivity contribution in [3.8, 4) is 0 Å². The molecule has 0 aromatic rings. The molecule has 5 atom stereocenters. The number of ether oxygens (including phenoxy) is 1. The first-order valence-corrected chi connectivity index (χ1v) is 13.5. The van der Waals surface area contributed by atoms with Crippen LogP contribution in [0.5, 0.6) is 0 Å². The number of carbonyl (C=O) groups excluding carboxylic acids is 5. The standard InChI is InChI=1S/C27H42N4O6/c1-7-8-20(16(6)24(33)28-17-9-10-17)29-25(34)23-18-11-12-21(32)19(18)13-31(23)26(35)22(14(2)3)30-27(36)37-15(4)5/h14-15,17-20,22-23H,6-13H2,1-5H3,(H,28,33)(H,29,34)(H,30,36)/t18-,19-,20?,22-,23-/m0/s1. The molecule has 3 fully saturated rings. The molecule has 3 aliphatic rings. The Hall–Kier alpha value is -2.91. The molecule has 4 amide bonds. The third-order valence-electron chi connectivity index (χ3n) is 7.41. The van der Waals surface area contributed by atoms with Gasteiger partial charge in [0.25, 0.3) is 0 Å². The molecule has 1 aliphatic heterocycles. The Morgan fingerprint density at radius 2 is 1.76 bits per heavy atom. The van der Waals surface area contributed by atoms with E-state index in [4.69, 9.17) is 4.74 Å². The van der Waals surface area contributed by atoms with E-state index in [1.807, 2.05) is 6.92 Å². The van der Waals surface area contributed by atoms with E-state index in [-0.39, 0.29) is 47.8 Å². The van der Waals surface area contributed by atoms with E-state index >= 15 is 0 Å². The first kappa shape index (κ1) is 28.7. The molecule has 2 aliphatic carbocycles. The summed E-state index contributed by atoms with van der Waals surface area (Å²) in [4.78, 5) is 66.4. The van der Waals surface area contributed by atoms with Crippen molar-refractivity contribution in [1.29, 1.82) is 0 Å². The van der Waals surface area contributed by atoms with Gasteiger partial charge in [-0.2, -0.15) is 0 Å². The molecule has 0 radical (unpaired) electrons.